The standard InChI is InChI=1S/C16H15NO3/c1-2-16-11-5-13-12(18-8-19-13)3-9(11)6-17-7-15(16)20-10(1)4-14(16)17/h1-3,5,10,14-15H,4,6-8H2/t10-,14-,15-,16?/m0/s1. The number of ether oxygens (including phenoxy) is 3. The van der Waals surface area contributed by atoms with Gasteiger partial charge in [0.15, 0.2) is 11.5 Å². The smallest absolute Gasteiger partial charge is 0.231 e. The van der Waals surface area contributed by atoms with E-state index in [0.717, 1.165) is 31.0 Å². The van der Waals surface area contributed by atoms with Crippen molar-refractivity contribution in [3.05, 3.63) is 35.4 Å². The molecule has 6 aliphatic rings. The Morgan fingerprint density at radius 3 is 3.05 bits per heavy atom. The Hall–Kier alpha value is -1.52. The van der Waals surface area contributed by atoms with Gasteiger partial charge in [0.2, 0.25) is 6.79 Å². The summed E-state index contributed by atoms with van der Waals surface area (Å²) >= 11 is 0. The molecule has 7 rings (SSSR count). The van der Waals surface area contributed by atoms with Gasteiger partial charge in [-0.05, 0) is 29.7 Å². The van der Waals surface area contributed by atoms with Crippen LogP contribution >= 0.6 is 0 Å². The minimum absolute atomic E-state index is 0.0450. The highest BCUT2D eigenvalue weighted by Gasteiger charge is 2.63. The summed E-state index contributed by atoms with van der Waals surface area (Å²) in [4.78, 5) is 2.60. The van der Waals surface area contributed by atoms with Crippen LogP contribution < -0.4 is 9.47 Å². The first-order valence-corrected chi connectivity index (χ1v) is 7.36. The van der Waals surface area contributed by atoms with E-state index in [2.05, 4.69) is 29.2 Å². The average Bonchev–Trinajstić information content (AvgIpc) is 2.95. The van der Waals surface area contributed by atoms with E-state index in [1.807, 2.05) is 0 Å². The zero-order chi connectivity index (χ0) is 12.9. The molecule has 5 atom stereocenters. The van der Waals surface area contributed by atoms with Crippen molar-refractivity contribution in [2.45, 2.75) is 36.6 Å². The molecule has 1 aliphatic carbocycles. The highest BCUT2D eigenvalue weighted by Crippen LogP contribution is 2.57. The van der Waals surface area contributed by atoms with E-state index in [-0.39, 0.29) is 5.41 Å². The minimum atomic E-state index is 0.0450. The van der Waals surface area contributed by atoms with Gasteiger partial charge in [-0.15, -0.1) is 0 Å². The molecule has 5 aliphatic heterocycles. The Kier molecular flexibility index (Phi) is 1.56. The summed E-state index contributed by atoms with van der Waals surface area (Å²) < 4.78 is 17.4. The van der Waals surface area contributed by atoms with Crippen LogP contribution in [0.5, 0.6) is 11.5 Å². The summed E-state index contributed by atoms with van der Waals surface area (Å²) in [5.74, 6) is 1.79. The maximum absolute atomic E-state index is 6.26. The summed E-state index contributed by atoms with van der Waals surface area (Å²) in [6, 6.07) is 4.98. The molecule has 102 valence electrons. The minimum Gasteiger partial charge on any atom is -0.454 e. The van der Waals surface area contributed by atoms with Crippen molar-refractivity contribution in [2.24, 2.45) is 0 Å². The maximum Gasteiger partial charge on any atom is 0.231 e. The molecule has 4 heteroatoms. The van der Waals surface area contributed by atoms with Crippen molar-refractivity contribution in [3.8, 4) is 11.5 Å². The lowest BCUT2D eigenvalue weighted by atomic mass is 9.63. The van der Waals surface area contributed by atoms with Crippen LogP contribution in [0.15, 0.2) is 24.3 Å². The Morgan fingerprint density at radius 2 is 2.10 bits per heavy atom. The predicted molar refractivity (Wildman–Crippen MR) is 70.9 cm³/mol. The Morgan fingerprint density at radius 1 is 1.20 bits per heavy atom. The molecular weight excluding hydrogens is 254 g/mol. The predicted octanol–water partition coefficient (Wildman–Crippen LogP) is 1.58. The lowest BCUT2D eigenvalue weighted by molar-refractivity contribution is -0.0561. The third-order valence-electron chi connectivity index (χ3n) is 5.74. The zero-order valence-electron chi connectivity index (χ0n) is 11.0. The van der Waals surface area contributed by atoms with Crippen molar-refractivity contribution in [3.63, 3.8) is 0 Å². The Labute approximate surface area is 116 Å². The Bertz CT molecular complexity index is 670. The molecule has 2 unspecified atom stereocenters. The van der Waals surface area contributed by atoms with Gasteiger partial charge in [0.1, 0.15) is 0 Å². The number of benzene rings is 1. The molecule has 0 N–H and O–H groups in total. The van der Waals surface area contributed by atoms with E-state index in [1.54, 1.807) is 0 Å². The summed E-state index contributed by atoms with van der Waals surface area (Å²) in [7, 11) is 0. The van der Waals surface area contributed by atoms with E-state index in [0.29, 0.717) is 25.0 Å². The summed E-state index contributed by atoms with van der Waals surface area (Å²) in [5, 5.41) is 0. The van der Waals surface area contributed by atoms with Gasteiger partial charge in [0, 0.05) is 19.1 Å². The molecule has 5 bridgehead atoms. The maximum atomic E-state index is 6.26. The third kappa shape index (κ3) is 0.950. The summed E-state index contributed by atoms with van der Waals surface area (Å²) in [5.41, 5.74) is 2.82. The normalized spacial score (nSPS) is 44.8. The fourth-order valence-electron chi connectivity index (χ4n) is 4.96. The van der Waals surface area contributed by atoms with Crippen molar-refractivity contribution in [1.82, 2.24) is 4.90 Å². The van der Waals surface area contributed by atoms with Crippen molar-refractivity contribution < 1.29 is 14.2 Å². The fraction of sp³-hybridized carbons (Fsp3) is 0.500. The van der Waals surface area contributed by atoms with Gasteiger partial charge in [-0.2, -0.15) is 0 Å². The molecule has 5 heterocycles. The van der Waals surface area contributed by atoms with Gasteiger partial charge in [-0.1, -0.05) is 12.2 Å². The molecule has 2 saturated heterocycles. The topological polar surface area (TPSA) is 30.9 Å². The van der Waals surface area contributed by atoms with Gasteiger partial charge in [-0.3, -0.25) is 4.90 Å². The second-order valence-electron chi connectivity index (χ2n) is 6.50. The monoisotopic (exact) mass is 269 g/mol. The van der Waals surface area contributed by atoms with Crippen LogP contribution in [-0.4, -0.2) is 36.5 Å². The van der Waals surface area contributed by atoms with Gasteiger partial charge in [0.25, 0.3) is 0 Å². The first-order chi connectivity index (χ1) is 9.84. The molecule has 0 aromatic heterocycles. The lowest BCUT2D eigenvalue weighted by Gasteiger charge is -2.51. The number of nitrogens with zero attached hydrogens (tertiary/aromatic N) is 1. The fourth-order valence-corrected chi connectivity index (χ4v) is 4.96. The number of rotatable bonds is 0. The molecule has 0 saturated carbocycles. The van der Waals surface area contributed by atoms with Crippen LogP contribution in [0.3, 0.4) is 0 Å². The first kappa shape index (κ1) is 10.2. The average molecular weight is 269 g/mol. The Balaban J connectivity index is 1.66. The molecule has 1 aromatic rings. The number of hydrogen-bond donors (Lipinski definition) is 0. The van der Waals surface area contributed by atoms with Crippen LogP contribution in [0.1, 0.15) is 17.5 Å². The van der Waals surface area contributed by atoms with E-state index in [4.69, 9.17) is 14.2 Å². The highest BCUT2D eigenvalue weighted by atomic mass is 16.7. The molecule has 20 heavy (non-hydrogen) atoms. The second-order valence-corrected chi connectivity index (χ2v) is 6.50. The molecule has 2 fully saturated rings. The van der Waals surface area contributed by atoms with Gasteiger partial charge >= 0.3 is 0 Å². The quantitative estimate of drug-likeness (QED) is 0.669. The third-order valence-corrected chi connectivity index (χ3v) is 5.74. The SMILES string of the molecule is C1=CC23c4cc5c(cc4CN4C[C@@H]2O[C@@H]1C[C@H]43)OCO5. The zero-order valence-corrected chi connectivity index (χ0v) is 11.0. The summed E-state index contributed by atoms with van der Waals surface area (Å²) in [6.07, 6.45) is 6.43. The van der Waals surface area contributed by atoms with Crippen LogP contribution in [0, 0.1) is 0 Å². The van der Waals surface area contributed by atoms with E-state index >= 15 is 0 Å². The molecular formula is C16H15NO3. The van der Waals surface area contributed by atoms with Crippen molar-refractivity contribution in [1.29, 1.82) is 0 Å². The lowest BCUT2D eigenvalue weighted by Crippen LogP contribution is -2.57. The number of fused-ring (bicyclic) bond motifs is 2. The second kappa shape index (κ2) is 3.05. The molecule has 1 aromatic carbocycles. The van der Waals surface area contributed by atoms with Crippen LogP contribution in [0.2, 0.25) is 0 Å². The van der Waals surface area contributed by atoms with Crippen LogP contribution in [0.25, 0.3) is 0 Å². The molecule has 0 radical (unpaired) electrons. The molecule has 1 spiro atoms. The van der Waals surface area contributed by atoms with Gasteiger partial charge in [-0.25, -0.2) is 0 Å². The summed E-state index contributed by atoms with van der Waals surface area (Å²) in [6.45, 7) is 2.40. The highest BCUT2D eigenvalue weighted by molar-refractivity contribution is 5.57. The van der Waals surface area contributed by atoms with E-state index in [1.165, 1.54) is 11.1 Å². The first-order valence-electron chi connectivity index (χ1n) is 7.36. The van der Waals surface area contributed by atoms with Crippen LogP contribution in [0.4, 0.5) is 0 Å². The number of hydrogen-bond acceptors (Lipinski definition) is 4. The van der Waals surface area contributed by atoms with E-state index in [9.17, 15) is 0 Å². The molecule has 4 nitrogen and oxygen atoms in total. The van der Waals surface area contributed by atoms with Crippen molar-refractivity contribution in [2.75, 3.05) is 13.3 Å². The van der Waals surface area contributed by atoms with Crippen LogP contribution in [-0.2, 0) is 16.7 Å². The van der Waals surface area contributed by atoms with Crippen molar-refractivity contribution >= 4 is 0 Å². The van der Waals surface area contributed by atoms with Gasteiger partial charge < -0.3 is 14.2 Å². The van der Waals surface area contributed by atoms with E-state index < -0.39 is 0 Å². The van der Waals surface area contributed by atoms with Gasteiger partial charge in [0.05, 0.1) is 17.6 Å². The molecule has 0 amide bonds. The largest absolute Gasteiger partial charge is 0.454 e.